The number of nitro groups is 1. The van der Waals surface area contributed by atoms with Crippen molar-refractivity contribution in [1.82, 2.24) is 0 Å². The lowest BCUT2D eigenvalue weighted by Crippen LogP contribution is -2.01. The Kier molecular flexibility index (Phi) is 3.01. The molecule has 6 nitrogen and oxygen atoms in total. The van der Waals surface area contributed by atoms with E-state index in [1.807, 2.05) is 0 Å². The summed E-state index contributed by atoms with van der Waals surface area (Å²) in [5.74, 6) is -0.884. The van der Waals surface area contributed by atoms with Crippen LogP contribution in [0.25, 0.3) is 0 Å². The van der Waals surface area contributed by atoms with Gasteiger partial charge in [-0.05, 0) is 13.0 Å². The minimum absolute atomic E-state index is 0.0887. The summed E-state index contributed by atoms with van der Waals surface area (Å²) in [6.07, 6.45) is 0. The summed E-state index contributed by atoms with van der Waals surface area (Å²) in [7, 11) is 0. The molecule has 0 unspecified atom stereocenters. The number of benzene rings is 1. The van der Waals surface area contributed by atoms with Gasteiger partial charge in [-0.15, -0.1) is 0 Å². The Morgan fingerprint density at radius 1 is 1.53 bits per heavy atom. The second-order valence-corrected chi connectivity index (χ2v) is 2.97. The molecule has 0 atom stereocenters. The zero-order valence-corrected chi connectivity index (χ0v) is 7.93. The first-order valence-electron chi connectivity index (χ1n) is 4.09. The van der Waals surface area contributed by atoms with Crippen molar-refractivity contribution in [2.45, 2.75) is 13.5 Å². The highest BCUT2D eigenvalue weighted by atomic mass is 16.6. The minimum Gasteiger partial charge on any atom is -0.507 e. The third-order valence-electron chi connectivity index (χ3n) is 1.94. The van der Waals surface area contributed by atoms with E-state index in [-0.39, 0.29) is 11.1 Å². The SMILES string of the molecule is CC(=O)c1cc(CO)c(O)cc1[N+](=O)[O-]. The van der Waals surface area contributed by atoms with Gasteiger partial charge in [-0.25, -0.2) is 0 Å². The molecule has 0 spiro atoms. The molecule has 15 heavy (non-hydrogen) atoms. The number of hydrogen-bond donors (Lipinski definition) is 2. The Labute approximate surface area is 84.9 Å². The smallest absolute Gasteiger partial charge is 0.283 e. The Hall–Kier alpha value is -1.95. The second kappa shape index (κ2) is 4.05. The molecule has 0 aromatic heterocycles. The van der Waals surface area contributed by atoms with Gasteiger partial charge in [0.05, 0.1) is 23.2 Å². The van der Waals surface area contributed by atoms with Gasteiger partial charge in [0.25, 0.3) is 5.69 Å². The molecular formula is C9H9NO5. The molecule has 0 aliphatic heterocycles. The number of rotatable bonds is 3. The lowest BCUT2D eigenvalue weighted by molar-refractivity contribution is -0.385. The number of carbonyl (C=O) groups excluding carboxylic acids is 1. The van der Waals surface area contributed by atoms with Crippen LogP contribution in [0, 0.1) is 10.1 Å². The first-order valence-corrected chi connectivity index (χ1v) is 4.09. The van der Waals surface area contributed by atoms with Crippen LogP contribution in [0.4, 0.5) is 5.69 Å². The van der Waals surface area contributed by atoms with Crippen LogP contribution in [0.1, 0.15) is 22.8 Å². The molecule has 0 saturated heterocycles. The fourth-order valence-corrected chi connectivity index (χ4v) is 1.18. The summed E-state index contributed by atoms with van der Waals surface area (Å²) in [5.41, 5.74) is -0.496. The topological polar surface area (TPSA) is 101 Å². The van der Waals surface area contributed by atoms with Gasteiger partial charge >= 0.3 is 0 Å². The van der Waals surface area contributed by atoms with Gasteiger partial charge in [0.2, 0.25) is 0 Å². The molecule has 6 heteroatoms. The van der Waals surface area contributed by atoms with Crippen LogP contribution in [-0.2, 0) is 6.61 Å². The van der Waals surface area contributed by atoms with Crippen molar-refractivity contribution in [3.63, 3.8) is 0 Å². The number of Topliss-reactive ketones (excluding diaryl/α,β-unsaturated/α-hetero) is 1. The summed E-state index contributed by atoms with van der Waals surface area (Å²) in [5, 5.41) is 28.6. The van der Waals surface area contributed by atoms with Gasteiger partial charge < -0.3 is 10.2 Å². The van der Waals surface area contributed by atoms with E-state index in [0.29, 0.717) is 0 Å². The van der Waals surface area contributed by atoms with E-state index in [4.69, 9.17) is 5.11 Å². The van der Waals surface area contributed by atoms with Gasteiger partial charge in [-0.3, -0.25) is 14.9 Å². The van der Waals surface area contributed by atoms with E-state index in [1.54, 1.807) is 0 Å². The lowest BCUT2D eigenvalue weighted by atomic mass is 10.0. The van der Waals surface area contributed by atoms with Crippen molar-refractivity contribution in [2.24, 2.45) is 0 Å². The standard InChI is InChI=1S/C9H9NO5/c1-5(12)7-2-6(4-11)9(13)3-8(7)10(14)15/h2-3,11,13H,4H2,1H3. The van der Waals surface area contributed by atoms with E-state index in [0.717, 1.165) is 12.1 Å². The molecular weight excluding hydrogens is 202 g/mol. The molecule has 0 aliphatic carbocycles. The fraction of sp³-hybridized carbons (Fsp3) is 0.222. The van der Waals surface area contributed by atoms with Crippen LogP contribution in [-0.4, -0.2) is 20.9 Å². The average molecular weight is 211 g/mol. The highest BCUT2D eigenvalue weighted by Crippen LogP contribution is 2.28. The second-order valence-electron chi connectivity index (χ2n) is 2.97. The number of ketones is 1. The molecule has 0 bridgehead atoms. The highest BCUT2D eigenvalue weighted by Gasteiger charge is 2.20. The Bertz CT molecular complexity index is 427. The number of nitrogens with zero attached hydrogens (tertiary/aromatic N) is 1. The van der Waals surface area contributed by atoms with Gasteiger partial charge in [0.1, 0.15) is 5.75 Å². The number of nitro benzene ring substituents is 1. The van der Waals surface area contributed by atoms with Crippen LogP contribution in [0.15, 0.2) is 12.1 Å². The maximum Gasteiger partial charge on any atom is 0.283 e. The van der Waals surface area contributed by atoms with E-state index in [9.17, 15) is 20.0 Å². The molecule has 0 saturated carbocycles. The maximum absolute atomic E-state index is 11.1. The van der Waals surface area contributed by atoms with Crippen molar-refractivity contribution in [2.75, 3.05) is 0 Å². The Morgan fingerprint density at radius 3 is 2.53 bits per heavy atom. The average Bonchev–Trinajstić information content (AvgIpc) is 2.16. The number of aliphatic hydroxyl groups is 1. The molecule has 1 aromatic rings. The third-order valence-corrected chi connectivity index (χ3v) is 1.94. The molecule has 2 N–H and O–H groups in total. The lowest BCUT2D eigenvalue weighted by Gasteiger charge is -2.04. The molecule has 0 aliphatic rings. The summed E-state index contributed by atoms with van der Waals surface area (Å²) >= 11 is 0. The highest BCUT2D eigenvalue weighted by molar-refractivity contribution is 5.98. The quantitative estimate of drug-likeness (QED) is 0.441. The molecule has 80 valence electrons. The maximum atomic E-state index is 11.1. The van der Waals surface area contributed by atoms with Crippen LogP contribution in [0.5, 0.6) is 5.75 Å². The number of phenols is 1. The zero-order valence-electron chi connectivity index (χ0n) is 7.93. The summed E-state index contributed by atoms with van der Waals surface area (Å²) in [6, 6.07) is 1.98. The third kappa shape index (κ3) is 2.10. The number of aromatic hydroxyl groups is 1. The first-order chi connectivity index (χ1) is 6.97. The van der Waals surface area contributed by atoms with Gasteiger partial charge in [-0.2, -0.15) is 0 Å². The van der Waals surface area contributed by atoms with E-state index < -0.39 is 28.8 Å². The first kappa shape index (κ1) is 11.1. The Balaban J connectivity index is 3.45. The number of carbonyl (C=O) groups is 1. The molecule has 0 radical (unpaired) electrons. The number of hydrogen-bond acceptors (Lipinski definition) is 5. The van der Waals surface area contributed by atoms with E-state index in [2.05, 4.69) is 0 Å². The predicted octanol–water partition coefficient (Wildman–Crippen LogP) is 0.995. The minimum atomic E-state index is -0.752. The van der Waals surface area contributed by atoms with Crippen molar-refractivity contribution in [1.29, 1.82) is 0 Å². The van der Waals surface area contributed by atoms with Crippen molar-refractivity contribution >= 4 is 11.5 Å². The predicted molar refractivity (Wildman–Crippen MR) is 50.7 cm³/mol. The van der Waals surface area contributed by atoms with Crippen LogP contribution in [0.2, 0.25) is 0 Å². The normalized spacial score (nSPS) is 10.0. The molecule has 0 fully saturated rings. The van der Waals surface area contributed by atoms with Gasteiger partial charge in [0, 0.05) is 5.56 Å². The van der Waals surface area contributed by atoms with Crippen LogP contribution < -0.4 is 0 Å². The van der Waals surface area contributed by atoms with Crippen molar-refractivity contribution < 1.29 is 19.9 Å². The zero-order chi connectivity index (χ0) is 11.6. The van der Waals surface area contributed by atoms with Gasteiger partial charge in [-0.1, -0.05) is 0 Å². The van der Waals surface area contributed by atoms with Crippen LogP contribution in [0.3, 0.4) is 0 Å². The molecule has 0 heterocycles. The summed E-state index contributed by atoms with van der Waals surface area (Å²) < 4.78 is 0. The van der Waals surface area contributed by atoms with Crippen molar-refractivity contribution in [3.05, 3.63) is 33.4 Å². The Morgan fingerprint density at radius 2 is 2.13 bits per heavy atom. The largest absolute Gasteiger partial charge is 0.507 e. The fourth-order valence-electron chi connectivity index (χ4n) is 1.18. The molecule has 1 rings (SSSR count). The van der Waals surface area contributed by atoms with Crippen molar-refractivity contribution in [3.8, 4) is 5.75 Å². The summed E-state index contributed by atoms with van der Waals surface area (Å²) in [6.45, 7) is 0.699. The van der Waals surface area contributed by atoms with E-state index >= 15 is 0 Å². The van der Waals surface area contributed by atoms with Crippen LogP contribution >= 0.6 is 0 Å². The monoisotopic (exact) mass is 211 g/mol. The molecule has 0 amide bonds. The van der Waals surface area contributed by atoms with Gasteiger partial charge in [0.15, 0.2) is 5.78 Å². The molecule has 1 aromatic carbocycles. The number of aliphatic hydroxyl groups excluding tert-OH is 1. The summed E-state index contributed by atoms with van der Waals surface area (Å²) in [4.78, 5) is 20.9. The van der Waals surface area contributed by atoms with E-state index in [1.165, 1.54) is 6.92 Å².